The van der Waals surface area contributed by atoms with Gasteiger partial charge in [-0.2, -0.15) is 0 Å². The third-order valence-corrected chi connectivity index (χ3v) is 3.77. The molecule has 1 aromatic rings. The highest BCUT2D eigenvalue weighted by atomic mass is 79.9. The van der Waals surface area contributed by atoms with Gasteiger partial charge in [0.05, 0.1) is 4.92 Å². The van der Waals surface area contributed by atoms with Crippen LogP contribution in [0.25, 0.3) is 0 Å². The van der Waals surface area contributed by atoms with Crippen LogP contribution in [0.4, 0.5) is 5.69 Å². The zero-order valence-corrected chi connectivity index (χ0v) is 13.8. The van der Waals surface area contributed by atoms with E-state index in [0.717, 1.165) is 5.56 Å². The van der Waals surface area contributed by atoms with Crippen LogP contribution in [0.2, 0.25) is 13.1 Å². The Kier molecular flexibility index (Phi) is 4.55. The van der Waals surface area contributed by atoms with Crippen molar-refractivity contribution in [2.45, 2.75) is 39.3 Å². The Morgan fingerprint density at radius 1 is 1.33 bits per heavy atom. The average Bonchev–Trinajstić information content (AvgIpc) is 2.17. The highest BCUT2D eigenvalue weighted by Crippen LogP contribution is 2.42. The van der Waals surface area contributed by atoms with Gasteiger partial charge in [0.1, 0.15) is 10.2 Å². The van der Waals surface area contributed by atoms with Crippen molar-refractivity contribution >= 4 is 30.7 Å². The summed E-state index contributed by atoms with van der Waals surface area (Å²) in [5, 5.41) is 10.9. The Hall–Kier alpha value is -0.883. The van der Waals surface area contributed by atoms with E-state index < -0.39 is 14.0 Å². The monoisotopic (exact) mass is 330 g/mol. The SMILES string of the molecule is C[Si](C)Oc1c(C(C)(C)C)ccc([N+](=O)[O-])c1Br. The molecule has 18 heavy (non-hydrogen) atoms. The molecule has 0 heterocycles. The smallest absolute Gasteiger partial charge is 0.287 e. The van der Waals surface area contributed by atoms with Crippen molar-refractivity contribution in [2.75, 3.05) is 0 Å². The van der Waals surface area contributed by atoms with E-state index in [0.29, 0.717) is 10.2 Å². The molecule has 0 unspecified atom stereocenters. The van der Waals surface area contributed by atoms with Gasteiger partial charge >= 0.3 is 0 Å². The summed E-state index contributed by atoms with van der Waals surface area (Å²) in [5.74, 6) is 0.607. The van der Waals surface area contributed by atoms with E-state index >= 15 is 0 Å². The van der Waals surface area contributed by atoms with Crippen molar-refractivity contribution in [3.8, 4) is 5.75 Å². The van der Waals surface area contributed by atoms with Gasteiger partial charge in [-0.15, -0.1) is 0 Å². The molecule has 1 aromatic carbocycles. The lowest BCUT2D eigenvalue weighted by molar-refractivity contribution is -0.385. The molecule has 0 spiro atoms. The summed E-state index contributed by atoms with van der Waals surface area (Å²) in [4.78, 5) is 10.5. The first-order chi connectivity index (χ1) is 8.14. The molecule has 1 radical (unpaired) electrons. The van der Waals surface area contributed by atoms with Gasteiger partial charge in [-0.25, -0.2) is 0 Å². The fraction of sp³-hybridized carbons (Fsp3) is 0.500. The molecule has 0 amide bonds. The number of hydrogen-bond donors (Lipinski definition) is 0. The van der Waals surface area contributed by atoms with Crippen LogP contribution >= 0.6 is 15.9 Å². The highest BCUT2D eigenvalue weighted by molar-refractivity contribution is 9.10. The topological polar surface area (TPSA) is 52.4 Å². The lowest BCUT2D eigenvalue weighted by Crippen LogP contribution is -2.19. The lowest BCUT2D eigenvalue weighted by Gasteiger charge is -2.24. The Balaban J connectivity index is 3.46. The van der Waals surface area contributed by atoms with E-state index in [1.165, 1.54) is 6.07 Å². The lowest BCUT2D eigenvalue weighted by atomic mass is 9.86. The summed E-state index contributed by atoms with van der Waals surface area (Å²) in [6.07, 6.45) is 0. The molecule has 1 rings (SSSR count). The van der Waals surface area contributed by atoms with E-state index in [1.807, 2.05) is 13.1 Å². The zero-order chi connectivity index (χ0) is 14.1. The largest absolute Gasteiger partial charge is 0.541 e. The summed E-state index contributed by atoms with van der Waals surface area (Å²) in [6, 6.07) is 3.30. The molecule has 99 valence electrons. The van der Waals surface area contributed by atoms with Crippen molar-refractivity contribution in [2.24, 2.45) is 0 Å². The van der Waals surface area contributed by atoms with E-state index in [2.05, 4.69) is 36.7 Å². The van der Waals surface area contributed by atoms with Crippen molar-refractivity contribution in [1.82, 2.24) is 0 Å². The fourth-order valence-electron chi connectivity index (χ4n) is 1.58. The third kappa shape index (κ3) is 3.32. The molecule has 0 saturated carbocycles. The number of halogens is 1. The number of benzene rings is 1. The number of nitro benzene ring substituents is 1. The van der Waals surface area contributed by atoms with E-state index in [9.17, 15) is 10.1 Å². The molecule has 0 bridgehead atoms. The zero-order valence-electron chi connectivity index (χ0n) is 11.2. The molecule has 0 atom stereocenters. The highest BCUT2D eigenvalue weighted by Gasteiger charge is 2.26. The summed E-state index contributed by atoms with van der Waals surface area (Å²) in [7, 11) is -0.985. The van der Waals surface area contributed by atoms with Gasteiger partial charge in [-0.3, -0.25) is 10.1 Å². The van der Waals surface area contributed by atoms with Crippen LogP contribution in [0.1, 0.15) is 26.3 Å². The molecule has 0 saturated heterocycles. The van der Waals surface area contributed by atoms with Crippen LogP contribution in [0.5, 0.6) is 5.75 Å². The van der Waals surface area contributed by atoms with E-state index in [4.69, 9.17) is 4.43 Å². The van der Waals surface area contributed by atoms with Gasteiger partial charge in [0.25, 0.3) is 14.7 Å². The molecule has 0 N–H and O–H groups in total. The van der Waals surface area contributed by atoms with Crippen molar-refractivity contribution in [1.29, 1.82) is 0 Å². The molecule has 4 nitrogen and oxygen atoms in total. The Morgan fingerprint density at radius 2 is 1.89 bits per heavy atom. The first-order valence-electron chi connectivity index (χ1n) is 5.60. The second-order valence-corrected chi connectivity index (χ2v) is 8.11. The van der Waals surface area contributed by atoms with Gasteiger partial charge in [0, 0.05) is 6.07 Å². The van der Waals surface area contributed by atoms with Gasteiger partial charge in [-0.05, 0) is 46.1 Å². The molecule has 0 aliphatic rings. The van der Waals surface area contributed by atoms with Gasteiger partial charge in [-0.1, -0.05) is 20.8 Å². The number of nitrogens with zero attached hydrogens (tertiary/aromatic N) is 1. The van der Waals surface area contributed by atoms with Crippen LogP contribution in [-0.4, -0.2) is 14.0 Å². The first-order valence-corrected chi connectivity index (χ1v) is 8.80. The molecule has 0 aromatic heterocycles. The molecular weight excluding hydrogens is 314 g/mol. The fourth-order valence-corrected chi connectivity index (χ4v) is 2.92. The van der Waals surface area contributed by atoms with Crippen molar-refractivity contribution in [3.63, 3.8) is 0 Å². The Labute approximate surface area is 117 Å². The summed E-state index contributed by atoms with van der Waals surface area (Å²) in [6.45, 7) is 10.2. The normalized spacial score (nSPS) is 11.7. The molecule has 6 heteroatoms. The maximum atomic E-state index is 10.9. The minimum atomic E-state index is -0.985. The Morgan fingerprint density at radius 3 is 2.28 bits per heavy atom. The van der Waals surface area contributed by atoms with Gasteiger partial charge < -0.3 is 4.43 Å². The minimum absolute atomic E-state index is 0.0428. The Bertz CT molecular complexity index is 469. The standard InChI is InChI=1S/C12H17BrNO3Si/c1-12(2,3)8-6-7-9(14(15)16)10(13)11(8)17-18(4)5/h6-7H,1-5H3. The van der Waals surface area contributed by atoms with Gasteiger partial charge in [0.15, 0.2) is 0 Å². The number of nitro groups is 1. The average molecular weight is 331 g/mol. The summed E-state index contributed by atoms with van der Waals surface area (Å²) in [5.41, 5.74) is 0.900. The number of rotatable bonds is 3. The second-order valence-electron chi connectivity index (χ2n) is 5.29. The maximum Gasteiger partial charge on any atom is 0.287 e. The van der Waals surface area contributed by atoms with Crippen molar-refractivity contribution < 1.29 is 9.35 Å². The maximum absolute atomic E-state index is 10.9. The first kappa shape index (κ1) is 15.2. The second kappa shape index (κ2) is 5.40. The van der Waals surface area contributed by atoms with Gasteiger partial charge in [0.2, 0.25) is 0 Å². The van der Waals surface area contributed by atoms with Crippen LogP contribution < -0.4 is 4.43 Å². The van der Waals surface area contributed by atoms with Crippen molar-refractivity contribution in [3.05, 3.63) is 32.3 Å². The van der Waals surface area contributed by atoms with Crippen LogP contribution in [0.3, 0.4) is 0 Å². The quantitative estimate of drug-likeness (QED) is 0.472. The van der Waals surface area contributed by atoms with E-state index in [1.54, 1.807) is 6.07 Å². The van der Waals surface area contributed by atoms with Crippen LogP contribution in [0.15, 0.2) is 16.6 Å². The van der Waals surface area contributed by atoms with Crippen LogP contribution in [0, 0.1) is 10.1 Å². The number of hydrogen-bond acceptors (Lipinski definition) is 3. The predicted octanol–water partition coefficient (Wildman–Crippen LogP) is 4.28. The molecule has 0 fully saturated rings. The molecule has 0 aliphatic heterocycles. The molecule has 0 aliphatic carbocycles. The van der Waals surface area contributed by atoms with Crippen LogP contribution in [-0.2, 0) is 5.41 Å². The third-order valence-electron chi connectivity index (χ3n) is 2.39. The summed E-state index contributed by atoms with van der Waals surface area (Å²) >= 11 is 3.30. The molecular formula is C12H17BrNO3Si. The van der Waals surface area contributed by atoms with E-state index in [-0.39, 0.29) is 11.1 Å². The summed E-state index contributed by atoms with van der Waals surface area (Å²) < 4.78 is 6.28. The minimum Gasteiger partial charge on any atom is -0.541 e. The predicted molar refractivity (Wildman–Crippen MR) is 77.6 cm³/mol.